The van der Waals surface area contributed by atoms with Crippen molar-refractivity contribution in [1.29, 1.82) is 0 Å². The fourth-order valence-corrected chi connectivity index (χ4v) is 6.44. The van der Waals surface area contributed by atoms with Crippen LogP contribution in [0.25, 0.3) is 11.1 Å². The molecule has 0 spiro atoms. The van der Waals surface area contributed by atoms with Gasteiger partial charge in [0.05, 0.1) is 13.2 Å². The highest BCUT2D eigenvalue weighted by molar-refractivity contribution is 5.77. The molecule has 0 aromatic heterocycles. The van der Waals surface area contributed by atoms with Crippen molar-refractivity contribution in [2.45, 2.75) is 65.1 Å². The summed E-state index contributed by atoms with van der Waals surface area (Å²) in [6.07, 6.45) is -0.961. The number of benzene rings is 6. The second kappa shape index (κ2) is 17.8. The Hall–Kier alpha value is -5.24. The molecule has 1 aliphatic heterocycles. The molecule has 0 bridgehead atoms. The highest BCUT2D eigenvalue weighted by atomic mass is 16.9. The zero-order chi connectivity index (χ0) is 35.4. The summed E-state index contributed by atoms with van der Waals surface area (Å²) in [6, 6.07) is 52.9. The molecule has 1 heterocycles. The standard InChI is InChI=1S/C46H44O6/c1-2-39-40(28-43-51-45(49-32-36-22-12-5-13-23-36)46(52-43)50-33-37-24-14-6-15-25-37)44(38-26-16-7-17-27-38)42(48-31-35-20-10-4-11-21-35)29-41(39)47-30-34-18-8-3-9-19-34/h3-27,29,43,45-46H,2,28,30-33H2,1H3/t43?,45-,46+. The van der Waals surface area contributed by atoms with E-state index in [1.165, 1.54) is 0 Å². The third kappa shape index (κ3) is 9.15. The van der Waals surface area contributed by atoms with E-state index in [1.54, 1.807) is 0 Å². The van der Waals surface area contributed by atoms with Gasteiger partial charge in [0.25, 0.3) is 0 Å². The summed E-state index contributed by atoms with van der Waals surface area (Å²) in [4.78, 5) is 0. The topological polar surface area (TPSA) is 55.4 Å². The minimum atomic E-state index is -0.731. The molecule has 264 valence electrons. The molecular formula is C46H44O6. The van der Waals surface area contributed by atoms with Gasteiger partial charge in [-0.05, 0) is 45.4 Å². The molecule has 1 fully saturated rings. The van der Waals surface area contributed by atoms with Gasteiger partial charge < -0.3 is 28.4 Å². The molecule has 0 amide bonds. The molecule has 6 heteroatoms. The van der Waals surface area contributed by atoms with E-state index in [-0.39, 0.29) is 0 Å². The molecule has 6 aromatic carbocycles. The predicted octanol–water partition coefficient (Wildman–Crippen LogP) is 10.1. The van der Waals surface area contributed by atoms with Crippen molar-refractivity contribution in [3.05, 3.63) is 191 Å². The zero-order valence-corrected chi connectivity index (χ0v) is 29.4. The Balaban J connectivity index is 1.23. The van der Waals surface area contributed by atoms with Crippen LogP contribution in [0, 0.1) is 0 Å². The lowest BCUT2D eigenvalue weighted by Crippen LogP contribution is -2.28. The maximum absolute atomic E-state index is 6.68. The molecule has 6 aromatic rings. The normalized spacial score (nSPS) is 16.8. The van der Waals surface area contributed by atoms with Crippen LogP contribution >= 0.6 is 0 Å². The van der Waals surface area contributed by atoms with E-state index in [1.807, 2.05) is 109 Å². The Morgan fingerprint density at radius 1 is 0.462 bits per heavy atom. The maximum atomic E-state index is 6.68. The van der Waals surface area contributed by atoms with Gasteiger partial charge in [-0.3, -0.25) is 0 Å². The second-order valence-electron chi connectivity index (χ2n) is 12.7. The van der Waals surface area contributed by atoms with E-state index < -0.39 is 18.9 Å². The van der Waals surface area contributed by atoms with Gasteiger partial charge in [0.2, 0.25) is 12.6 Å². The van der Waals surface area contributed by atoms with Gasteiger partial charge in [-0.1, -0.05) is 159 Å². The van der Waals surface area contributed by atoms with E-state index in [0.29, 0.717) is 32.8 Å². The third-order valence-corrected chi connectivity index (χ3v) is 9.04. The lowest BCUT2D eigenvalue weighted by atomic mass is 9.90. The number of hydrogen-bond acceptors (Lipinski definition) is 6. The molecule has 3 atom stereocenters. The van der Waals surface area contributed by atoms with Crippen LogP contribution in [0.5, 0.6) is 11.5 Å². The number of ether oxygens (including phenoxy) is 6. The molecule has 1 unspecified atom stereocenters. The average molecular weight is 693 g/mol. The fourth-order valence-electron chi connectivity index (χ4n) is 6.44. The second-order valence-corrected chi connectivity index (χ2v) is 12.7. The number of rotatable bonds is 16. The van der Waals surface area contributed by atoms with Crippen LogP contribution < -0.4 is 9.47 Å². The number of hydrogen-bond donors (Lipinski definition) is 0. The fraction of sp³-hybridized carbons (Fsp3) is 0.217. The third-order valence-electron chi connectivity index (χ3n) is 9.04. The Morgan fingerprint density at radius 3 is 1.31 bits per heavy atom. The molecule has 1 aliphatic rings. The first-order valence-electron chi connectivity index (χ1n) is 17.9. The first-order chi connectivity index (χ1) is 25.7. The molecule has 0 N–H and O–H groups in total. The Bertz CT molecular complexity index is 1900. The first kappa shape index (κ1) is 35.2. The van der Waals surface area contributed by atoms with Crippen LogP contribution in [0.3, 0.4) is 0 Å². The van der Waals surface area contributed by atoms with E-state index in [4.69, 9.17) is 28.4 Å². The van der Waals surface area contributed by atoms with Crippen LogP contribution in [-0.2, 0) is 58.2 Å². The summed E-state index contributed by atoms with van der Waals surface area (Å²) in [5.74, 6) is 1.51. The van der Waals surface area contributed by atoms with Crippen molar-refractivity contribution >= 4 is 0 Å². The van der Waals surface area contributed by atoms with Crippen LogP contribution in [0.4, 0.5) is 0 Å². The van der Waals surface area contributed by atoms with Crippen LogP contribution in [0.1, 0.15) is 40.3 Å². The Labute approximate surface area is 306 Å². The summed E-state index contributed by atoms with van der Waals surface area (Å²) in [7, 11) is 0. The molecule has 7 rings (SSSR count). The van der Waals surface area contributed by atoms with Crippen molar-refractivity contribution in [2.75, 3.05) is 0 Å². The maximum Gasteiger partial charge on any atom is 0.212 e. The summed E-state index contributed by atoms with van der Waals surface area (Å²) < 4.78 is 39.1. The van der Waals surface area contributed by atoms with Crippen LogP contribution in [-0.4, -0.2) is 18.9 Å². The molecule has 6 nitrogen and oxygen atoms in total. The van der Waals surface area contributed by atoms with Crippen molar-refractivity contribution in [2.24, 2.45) is 0 Å². The Kier molecular flexibility index (Phi) is 12.0. The van der Waals surface area contributed by atoms with Gasteiger partial charge in [-0.2, -0.15) is 0 Å². The van der Waals surface area contributed by atoms with Crippen molar-refractivity contribution < 1.29 is 28.4 Å². The lowest BCUT2D eigenvalue weighted by molar-refractivity contribution is -0.200. The van der Waals surface area contributed by atoms with Gasteiger partial charge in [0.15, 0.2) is 6.29 Å². The lowest BCUT2D eigenvalue weighted by Gasteiger charge is -2.24. The van der Waals surface area contributed by atoms with Crippen LogP contribution in [0.15, 0.2) is 158 Å². The van der Waals surface area contributed by atoms with Crippen molar-refractivity contribution in [3.8, 4) is 22.6 Å². The Morgan fingerprint density at radius 2 is 0.865 bits per heavy atom. The molecule has 52 heavy (non-hydrogen) atoms. The highest BCUT2D eigenvalue weighted by Crippen LogP contribution is 2.43. The van der Waals surface area contributed by atoms with Gasteiger partial charge in [-0.15, -0.1) is 0 Å². The van der Waals surface area contributed by atoms with Gasteiger partial charge in [-0.25, -0.2) is 0 Å². The summed E-state index contributed by atoms with van der Waals surface area (Å²) in [5.41, 5.74) is 8.39. The van der Waals surface area contributed by atoms with Crippen molar-refractivity contribution in [3.63, 3.8) is 0 Å². The molecular weight excluding hydrogens is 649 g/mol. The van der Waals surface area contributed by atoms with Gasteiger partial charge in [0, 0.05) is 18.1 Å². The smallest absolute Gasteiger partial charge is 0.212 e. The quantitative estimate of drug-likeness (QED) is 0.101. The minimum absolute atomic E-state index is 0.364. The SMILES string of the molecule is CCc1c(OCc2ccccc2)cc(OCc2ccccc2)c(-c2ccccc2)c1CC1O[C@@H](OCc2ccccc2)[C@@H](OCc2ccccc2)O1. The zero-order valence-electron chi connectivity index (χ0n) is 29.4. The van der Waals surface area contributed by atoms with E-state index in [2.05, 4.69) is 55.5 Å². The largest absolute Gasteiger partial charge is 0.488 e. The highest BCUT2D eigenvalue weighted by Gasteiger charge is 2.39. The summed E-state index contributed by atoms with van der Waals surface area (Å²) in [6.45, 7) is 3.72. The van der Waals surface area contributed by atoms with E-state index >= 15 is 0 Å². The monoisotopic (exact) mass is 692 g/mol. The summed E-state index contributed by atoms with van der Waals surface area (Å²) in [5, 5.41) is 0. The van der Waals surface area contributed by atoms with E-state index in [9.17, 15) is 0 Å². The first-order valence-corrected chi connectivity index (χ1v) is 17.9. The van der Waals surface area contributed by atoms with Crippen LogP contribution in [0.2, 0.25) is 0 Å². The van der Waals surface area contributed by atoms with E-state index in [0.717, 1.165) is 62.4 Å². The minimum Gasteiger partial charge on any atom is -0.488 e. The molecule has 0 saturated carbocycles. The summed E-state index contributed by atoms with van der Waals surface area (Å²) >= 11 is 0. The average Bonchev–Trinajstić information content (AvgIpc) is 3.60. The van der Waals surface area contributed by atoms with Gasteiger partial charge in [0.1, 0.15) is 24.7 Å². The predicted molar refractivity (Wildman–Crippen MR) is 203 cm³/mol. The van der Waals surface area contributed by atoms with Gasteiger partial charge >= 0.3 is 0 Å². The molecule has 1 saturated heterocycles. The molecule has 0 aliphatic carbocycles. The molecule has 0 radical (unpaired) electrons. The van der Waals surface area contributed by atoms with Crippen molar-refractivity contribution in [1.82, 2.24) is 0 Å².